The van der Waals surface area contributed by atoms with Crippen LogP contribution in [0.5, 0.6) is 0 Å². The predicted molar refractivity (Wildman–Crippen MR) is 353 cm³/mol. The lowest BCUT2D eigenvalue weighted by molar-refractivity contribution is -0.167. The van der Waals surface area contributed by atoms with Gasteiger partial charge in [0.15, 0.2) is 6.10 Å². The second-order valence-electron chi connectivity index (χ2n) is 23.8. The van der Waals surface area contributed by atoms with E-state index in [-0.39, 0.29) is 31.1 Å². The second kappa shape index (κ2) is 69.3. The standard InChI is InChI=1S/C75H134O6/c1-4-7-10-13-16-19-22-25-28-30-32-34-35-36-37-38-39-41-42-44-47-50-53-56-59-62-65-68-74(77)80-71-72(70-79-73(76)67-64-61-58-55-52-49-46-27-24-21-18-15-12-9-6-3)81-75(78)69-66-63-60-57-54-51-48-45-43-40-33-31-29-26-23-20-17-14-11-8-5-2/h9,12,18,21,27,30-33,46,52,55,72H,4-8,10-11,13-17,19-20,22-26,28-29,34-45,47-51,53-54,56-71H2,1-3H3/b12-9-,21-18-,32-30-,33-31-,46-27-,55-52-. The van der Waals surface area contributed by atoms with E-state index in [1.54, 1.807) is 0 Å². The van der Waals surface area contributed by atoms with Gasteiger partial charge in [0, 0.05) is 19.3 Å². The van der Waals surface area contributed by atoms with E-state index in [1.807, 2.05) is 0 Å². The van der Waals surface area contributed by atoms with Gasteiger partial charge in [-0.3, -0.25) is 14.4 Å². The molecule has 470 valence electrons. The average Bonchev–Trinajstić information content (AvgIpc) is 3.47. The van der Waals surface area contributed by atoms with Crippen molar-refractivity contribution in [1.29, 1.82) is 0 Å². The smallest absolute Gasteiger partial charge is 0.306 e. The minimum Gasteiger partial charge on any atom is -0.462 e. The third-order valence-electron chi connectivity index (χ3n) is 15.7. The van der Waals surface area contributed by atoms with Crippen LogP contribution in [0.25, 0.3) is 0 Å². The monoisotopic (exact) mass is 1130 g/mol. The Kier molecular flexibility index (Phi) is 66.6. The summed E-state index contributed by atoms with van der Waals surface area (Å²) in [5.74, 6) is -0.912. The third kappa shape index (κ3) is 67.5. The zero-order chi connectivity index (χ0) is 58.5. The Balaban J connectivity index is 4.30. The first-order chi connectivity index (χ1) is 40.0. The normalized spacial score (nSPS) is 12.5. The summed E-state index contributed by atoms with van der Waals surface area (Å²) in [5.41, 5.74) is 0. The molecule has 0 aliphatic heterocycles. The number of ether oxygens (including phenoxy) is 3. The quantitative estimate of drug-likeness (QED) is 0.0261. The van der Waals surface area contributed by atoms with Crippen LogP contribution in [0, 0.1) is 0 Å². The maximum absolute atomic E-state index is 13.0. The number of carbonyl (C=O) groups is 3. The van der Waals surface area contributed by atoms with Crippen LogP contribution in [0.4, 0.5) is 0 Å². The van der Waals surface area contributed by atoms with Crippen LogP contribution >= 0.6 is 0 Å². The highest BCUT2D eigenvalue weighted by Gasteiger charge is 2.19. The highest BCUT2D eigenvalue weighted by molar-refractivity contribution is 5.71. The van der Waals surface area contributed by atoms with Gasteiger partial charge in [-0.25, -0.2) is 0 Å². The molecule has 0 amide bonds. The lowest BCUT2D eigenvalue weighted by atomic mass is 10.0. The molecule has 0 N–H and O–H groups in total. The van der Waals surface area contributed by atoms with E-state index in [4.69, 9.17) is 14.2 Å². The summed E-state index contributed by atoms with van der Waals surface area (Å²) in [4.78, 5) is 38.4. The number of hydrogen-bond acceptors (Lipinski definition) is 6. The van der Waals surface area contributed by atoms with E-state index in [0.29, 0.717) is 19.3 Å². The molecule has 0 aliphatic carbocycles. The number of unbranched alkanes of at least 4 members (excludes halogenated alkanes) is 42. The average molecular weight is 1130 g/mol. The maximum Gasteiger partial charge on any atom is 0.306 e. The van der Waals surface area contributed by atoms with E-state index in [9.17, 15) is 14.4 Å². The summed E-state index contributed by atoms with van der Waals surface area (Å²) >= 11 is 0. The molecule has 0 aliphatic rings. The molecule has 6 heteroatoms. The van der Waals surface area contributed by atoms with Crippen molar-refractivity contribution in [2.24, 2.45) is 0 Å². The van der Waals surface area contributed by atoms with E-state index >= 15 is 0 Å². The zero-order valence-corrected chi connectivity index (χ0v) is 54.1. The van der Waals surface area contributed by atoms with Crippen molar-refractivity contribution < 1.29 is 28.6 Å². The van der Waals surface area contributed by atoms with Crippen LogP contribution in [0.2, 0.25) is 0 Å². The number of allylic oxidation sites excluding steroid dienone is 12. The largest absolute Gasteiger partial charge is 0.462 e. The van der Waals surface area contributed by atoms with Gasteiger partial charge in [0.1, 0.15) is 13.2 Å². The van der Waals surface area contributed by atoms with Crippen molar-refractivity contribution in [2.45, 2.75) is 374 Å². The Morgan fingerprint density at radius 3 is 0.790 bits per heavy atom. The number of rotatable bonds is 65. The van der Waals surface area contributed by atoms with Crippen molar-refractivity contribution in [3.8, 4) is 0 Å². The maximum atomic E-state index is 13.0. The summed E-state index contributed by atoms with van der Waals surface area (Å²) in [6.45, 7) is 6.54. The molecular formula is C75H134O6. The molecular weight excluding hydrogens is 997 g/mol. The van der Waals surface area contributed by atoms with Gasteiger partial charge >= 0.3 is 17.9 Å². The molecule has 1 unspecified atom stereocenters. The minimum atomic E-state index is -0.795. The van der Waals surface area contributed by atoms with Crippen LogP contribution in [-0.2, 0) is 28.6 Å². The molecule has 0 fully saturated rings. The summed E-state index contributed by atoms with van der Waals surface area (Å²) < 4.78 is 17.0. The Morgan fingerprint density at radius 1 is 0.259 bits per heavy atom. The van der Waals surface area contributed by atoms with Crippen molar-refractivity contribution in [2.75, 3.05) is 13.2 Å². The fraction of sp³-hybridized carbons (Fsp3) is 0.800. The summed E-state index contributed by atoms with van der Waals surface area (Å²) in [6, 6.07) is 0. The Labute approximate surface area is 503 Å². The SMILES string of the molecule is CC/C=C\C/C=C\C/C=C\C/C=C\CCCCC(=O)OCC(COC(=O)CCCCCCCCCCCCCCCCC/C=C\CCCCCCCCCC)OC(=O)CCCCCCCCCCC/C=C\CCCCCCCCCC. The number of carbonyl (C=O) groups excluding carboxylic acids is 3. The van der Waals surface area contributed by atoms with Crippen molar-refractivity contribution in [1.82, 2.24) is 0 Å². The number of hydrogen-bond donors (Lipinski definition) is 0. The van der Waals surface area contributed by atoms with E-state index in [1.165, 1.54) is 244 Å². The van der Waals surface area contributed by atoms with Crippen LogP contribution in [0.3, 0.4) is 0 Å². The molecule has 0 spiro atoms. The molecule has 0 rings (SSSR count). The van der Waals surface area contributed by atoms with Crippen LogP contribution in [0.1, 0.15) is 367 Å². The highest BCUT2D eigenvalue weighted by Crippen LogP contribution is 2.18. The molecule has 0 saturated carbocycles. The summed E-state index contributed by atoms with van der Waals surface area (Å²) in [7, 11) is 0. The highest BCUT2D eigenvalue weighted by atomic mass is 16.6. The second-order valence-corrected chi connectivity index (χ2v) is 23.8. The topological polar surface area (TPSA) is 78.9 Å². The molecule has 0 aromatic carbocycles. The predicted octanol–water partition coefficient (Wildman–Crippen LogP) is 24.4. The fourth-order valence-electron chi connectivity index (χ4n) is 10.4. The molecule has 0 aromatic heterocycles. The van der Waals surface area contributed by atoms with E-state index < -0.39 is 6.10 Å². The van der Waals surface area contributed by atoms with Gasteiger partial charge < -0.3 is 14.2 Å². The van der Waals surface area contributed by atoms with Gasteiger partial charge in [-0.15, -0.1) is 0 Å². The lowest BCUT2D eigenvalue weighted by Gasteiger charge is -2.18. The molecule has 0 saturated heterocycles. The van der Waals surface area contributed by atoms with E-state index in [2.05, 4.69) is 93.7 Å². The van der Waals surface area contributed by atoms with E-state index in [0.717, 1.165) is 83.5 Å². The molecule has 6 nitrogen and oxygen atoms in total. The number of esters is 3. The van der Waals surface area contributed by atoms with Crippen LogP contribution < -0.4 is 0 Å². The van der Waals surface area contributed by atoms with Gasteiger partial charge in [0.05, 0.1) is 0 Å². The van der Waals surface area contributed by atoms with Crippen LogP contribution in [0.15, 0.2) is 72.9 Å². The Morgan fingerprint density at radius 2 is 0.481 bits per heavy atom. The van der Waals surface area contributed by atoms with Gasteiger partial charge in [0.2, 0.25) is 0 Å². The van der Waals surface area contributed by atoms with Gasteiger partial charge in [0.25, 0.3) is 0 Å². The van der Waals surface area contributed by atoms with Crippen molar-refractivity contribution in [3.05, 3.63) is 72.9 Å². The molecule has 1 atom stereocenters. The van der Waals surface area contributed by atoms with Gasteiger partial charge in [-0.2, -0.15) is 0 Å². The minimum absolute atomic E-state index is 0.0867. The zero-order valence-electron chi connectivity index (χ0n) is 54.1. The van der Waals surface area contributed by atoms with Crippen LogP contribution in [-0.4, -0.2) is 37.2 Å². The Bertz CT molecular complexity index is 1490. The summed E-state index contributed by atoms with van der Waals surface area (Å²) in [6.07, 6.45) is 90.8. The van der Waals surface area contributed by atoms with Gasteiger partial charge in [-0.05, 0) is 109 Å². The third-order valence-corrected chi connectivity index (χ3v) is 15.7. The Hall–Kier alpha value is -3.15. The first-order valence-corrected chi connectivity index (χ1v) is 35.4. The first kappa shape index (κ1) is 77.9. The van der Waals surface area contributed by atoms with Gasteiger partial charge in [-0.1, -0.05) is 312 Å². The molecule has 81 heavy (non-hydrogen) atoms. The first-order valence-electron chi connectivity index (χ1n) is 35.4. The van der Waals surface area contributed by atoms with Crippen molar-refractivity contribution >= 4 is 17.9 Å². The van der Waals surface area contributed by atoms with Crippen molar-refractivity contribution in [3.63, 3.8) is 0 Å². The lowest BCUT2D eigenvalue weighted by Crippen LogP contribution is -2.30. The fourth-order valence-corrected chi connectivity index (χ4v) is 10.4. The molecule has 0 radical (unpaired) electrons. The summed E-state index contributed by atoms with van der Waals surface area (Å²) in [5, 5.41) is 0. The molecule has 0 bridgehead atoms. The molecule has 0 aromatic rings. The molecule has 0 heterocycles.